The molecule has 0 radical (unpaired) electrons. The molecule has 164 valence electrons. The van der Waals surface area contributed by atoms with Gasteiger partial charge < -0.3 is 19.5 Å². The highest BCUT2D eigenvalue weighted by molar-refractivity contribution is 5.93. The first-order chi connectivity index (χ1) is 15.0. The second-order valence-electron chi connectivity index (χ2n) is 6.80. The van der Waals surface area contributed by atoms with Crippen molar-refractivity contribution in [1.29, 1.82) is 0 Å². The summed E-state index contributed by atoms with van der Waals surface area (Å²) in [4.78, 5) is 38.6. The molecule has 1 aromatic heterocycles. The molecule has 1 amide bonds. The second kappa shape index (κ2) is 9.94. The number of fused-ring (bicyclic) bond motifs is 1. The number of hydrogen-bond acceptors (Lipinski definition) is 6. The Kier molecular flexibility index (Phi) is 7.09. The predicted octanol–water partition coefficient (Wildman–Crippen LogP) is 1.86. The van der Waals surface area contributed by atoms with Crippen LogP contribution in [-0.2, 0) is 22.6 Å². The lowest BCUT2D eigenvalue weighted by Gasteiger charge is -2.15. The number of rotatable bonds is 9. The lowest BCUT2D eigenvalue weighted by molar-refractivity contribution is -0.116. The van der Waals surface area contributed by atoms with Crippen LogP contribution in [-0.4, -0.2) is 43.0 Å². The maximum atomic E-state index is 13.1. The van der Waals surface area contributed by atoms with E-state index in [1.165, 1.54) is 18.8 Å². The van der Waals surface area contributed by atoms with Crippen molar-refractivity contribution in [2.75, 3.05) is 33.3 Å². The third kappa shape index (κ3) is 4.77. The van der Waals surface area contributed by atoms with Crippen molar-refractivity contribution in [2.45, 2.75) is 19.5 Å². The highest BCUT2D eigenvalue weighted by Crippen LogP contribution is 2.29. The second-order valence-corrected chi connectivity index (χ2v) is 6.80. The summed E-state index contributed by atoms with van der Waals surface area (Å²) >= 11 is 0. The van der Waals surface area contributed by atoms with Gasteiger partial charge in [-0.3, -0.25) is 18.7 Å². The van der Waals surface area contributed by atoms with Crippen LogP contribution in [0.5, 0.6) is 11.5 Å². The maximum Gasteiger partial charge on any atom is 0.331 e. The third-order valence-corrected chi connectivity index (χ3v) is 4.85. The Morgan fingerprint density at radius 1 is 1.00 bits per heavy atom. The van der Waals surface area contributed by atoms with Gasteiger partial charge in [0, 0.05) is 26.3 Å². The molecule has 2 aromatic carbocycles. The van der Waals surface area contributed by atoms with Crippen molar-refractivity contribution >= 4 is 22.5 Å². The molecule has 0 aliphatic rings. The van der Waals surface area contributed by atoms with Gasteiger partial charge in [0.25, 0.3) is 5.56 Å². The molecule has 0 aliphatic heterocycles. The summed E-state index contributed by atoms with van der Waals surface area (Å²) in [6, 6.07) is 11.7. The summed E-state index contributed by atoms with van der Waals surface area (Å²) in [5.74, 6) is 0.576. The zero-order valence-corrected chi connectivity index (χ0v) is 17.7. The molecular weight excluding hydrogens is 402 g/mol. The number of carbonyl (C=O) groups is 1. The lowest BCUT2D eigenvalue weighted by atomic mass is 10.2. The average molecular weight is 427 g/mol. The Bertz CT molecular complexity index is 1200. The van der Waals surface area contributed by atoms with E-state index in [4.69, 9.17) is 14.2 Å². The van der Waals surface area contributed by atoms with E-state index in [9.17, 15) is 14.4 Å². The molecule has 0 bridgehead atoms. The molecular formula is C22H25N3O6. The lowest BCUT2D eigenvalue weighted by Crippen LogP contribution is -2.42. The Labute approximate surface area is 178 Å². The van der Waals surface area contributed by atoms with E-state index >= 15 is 0 Å². The average Bonchev–Trinajstić information content (AvgIpc) is 2.79. The molecule has 0 saturated heterocycles. The quantitative estimate of drug-likeness (QED) is 0.523. The molecule has 0 spiro atoms. The number of anilines is 1. The highest BCUT2D eigenvalue weighted by Gasteiger charge is 2.16. The van der Waals surface area contributed by atoms with Crippen molar-refractivity contribution < 1.29 is 19.0 Å². The van der Waals surface area contributed by atoms with Crippen LogP contribution in [0.4, 0.5) is 5.69 Å². The van der Waals surface area contributed by atoms with Gasteiger partial charge >= 0.3 is 5.69 Å². The maximum absolute atomic E-state index is 13.1. The Morgan fingerprint density at radius 3 is 2.48 bits per heavy atom. The first-order valence-corrected chi connectivity index (χ1v) is 9.73. The smallest absolute Gasteiger partial charge is 0.331 e. The van der Waals surface area contributed by atoms with Gasteiger partial charge in [-0.1, -0.05) is 12.1 Å². The van der Waals surface area contributed by atoms with Crippen LogP contribution in [0, 0.1) is 0 Å². The molecule has 9 heteroatoms. The summed E-state index contributed by atoms with van der Waals surface area (Å²) in [5, 5.41) is 3.12. The molecule has 3 aromatic rings. The van der Waals surface area contributed by atoms with Crippen LogP contribution in [0.25, 0.3) is 10.9 Å². The summed E-state index contributed by atoms with van der Waals surface area (Å²) in [7, 11) is 4.57. The summed E-state index contributed by atoms with van der Waals surface area (Å²) in [6.45, 7) is 0.347. The number of nitrogens with one attached hydrogen (secondary N) is 1. The molecule has 0 atom stereocenters. The standard InChI is InChI=1S/C22H25N3O6/c1-29-12-6-11-24-21(27)16-7-4-5-8-18(16)25(22(24)28)14-20(26)23-17-10-9-15(30-2)13-19(17)31-3/h4-5,7-10,13H,6,11-12,14H2,1-3H3,(H,23,26). The number of ether oxygens (including phenoxy) is 3. The van der Waals surface area contributed by atoms with Crippen LogP contribution in [0.1, 0.15) is 6.42 Å². The first-order valence-electron chi connectivity index (χ1n) is 9.73. The number of methoxy groups -OCH3 is 3. The minimum atomic E-state index is -0.545. The first kappa shape index (κ1) is 22.1. The molecule has 31 heavy (non-hydrogen) atoms. The largest absolute Gasteiger partial charge is 0.497 e. The van der Waals surface area contributed by atoms with Crippen molar-refractivity contribution in [1.82, 2.24) is 9.13 Å². The van der Waals surface area contributed by atoms with E-state index in [0.717, 1.165) is 4.57 Å². The number of benzene rings is 2. The van der Waals surface area contributed by atoms with Gasteiger partial charge in [-0.15, -0.1) is 0 Å². The van der Waals surface area contributed by atoms with Crippen molar-refractivity contribution in [3.8, 4) is 11.5 Å². The van der Waals surface area contributed by atoms with Gasteiger partial charge in [0.05, 0.1) is 30.8 Å². The fourth-order valence-electron chi connectivity index (χ4n) is 3.32. The number of carbonyl (C=O) groups excluding carboxylic acids is 1. The summed E-state index contributed by atoms with van der Waals surface area (Å²) in [5.41, 5.74) is -0.0850. The number of nitrogens with zero attached hydrogens (tertiary/aromatic N) is 2. The minimum Gasteiger partial charge on any atom is -0.497 e. The SMILES string of the molecule is COCCCn1c(=O)c2ccccc2n(CC(=O)Nc2ccc(OC)cc2OC)c1=O. The van der Waals surface area contributed by atoms with E-state index in [2.05, 4.69) is 5.32 Å². The van der Waals surface area contributed by atoms with Crippen molar-refractivity contribution in [2.24, 2.45) is 0 Å². The van der Waals surface area contributed by atoms with Crippen LogP contribution in [0.3, 0.4) is 0 Å². The summed E-state index contributed by atoms with van der Waals surface area (Å²) in [6.07, 6.45) is 0.499. The van der Waals surface area contributed by atoms with E-state index in [-0.39, 0.29) is 18.6 Å². The van der Waals surface area contributed by atoms with Crippen LogP contribution >= 0.6 is 0 Å². The van der Waals surface area contributed by atoms with Crippen LogP contribution < -0.4 is 26.0 Å². The molecule has 1 heterocycles. The minimum absolute atomic E-state index is 0.199. The molecule has 0 unspecified atom stereocenters. The Hall–Kier alpha value is -3.59. The van der Waals surface area contributed by atoms with Crippen LogP contribution in [0.15, 0.2) is 52.1 Å². The van der Waals surface area contributed by atoms with Crippen molar-refractivity contribution in [3.63, 3.8) is 0 Å². The Balaban J connectivity index is 1.96. The van der Waals surface area contributed by atoms with E-state index in [0.29, 0.717) is 41.1 Å². The molecule has 3 rings (SSSR count). The van der Waals surface area contributed by atoms with Gasteiger partial charge in [-0.2, -0.15) is 0 Å². The van der Waals surface area contributed by atoms with Crippen LogP contribution in [0.2, 0.25) is 0 Å². The molecule has 9 nitrogen and oxygen atoms in total. The Morgan fingerprint density at radius 2 is 1.77 bits per heavy atom. The fraction of sp³-hybridized carbons (Fsp3) is 0.318. The number of amides is 1. The predicted molar refractivity (Wildman–Crippen MR) is 117 cm³/mol. The topological polar surface area (TPSA) is 101 Å². The van der Waals surface area contributed by atoms with Gasteiger partial charge in [-0.05, 0) is 30.7 Å². The van der Waals surface area contributed by atoms with Crippen molar-refractivity contribution in [3.05, 3.63) is 63.3 Å². The van der Waals surface area contributed by atoms with E-state index in [1.54, 1.807) is 49.6 Å². The van der Waals surface area contributed by atoms with E-state index in [1.807, 2.05) is 0 Å². The number of hydrogen-bond donors (Lipinski definition) is 1. The van der Waals surface area contributed by atoms with Gasteiger partial charge in [0.2, 0.25) is 5.91 Å². The highest BCUT2D eigenvalue weighted by atomic mass is 16.5. The zero-order chi connectivity index (χ0) is 22.4. The molecule has 0 aliphatic carbocycles. The van der Waals surface area contributed by atoms with Gasteiger partial charge in [0.15, 0.2) is 0 Å². The third-order valence-electron chi connectivity index (χ3n) is 4.85. The monoisotopic (exact) mass is 427 g/mol. The number of aromatic nitrogens is 2. The van der Waals surface area contributed by atoms with Gasteiger partial charge in [0.1, 0.15) is 18.0 Å². The van der Waals surface area contributed by atoms with Gasteiger partial charge in [-0.25, -0.2) is 4.79 Å². The number of para-hydroxylation sites is 1. The summed E-state index contributed by atoms with van der Waals surface area (Å²) < 4.78 is 17.9. The molecule has 0 saturated carbocycles. The van der Waals surface area contributed by atoms with E-state index < -0.39 is 11.6 Å². The normalized spacial score (nSPS) is 10.8. The fourth-order valence-corrected chi connectivity index (χ4v) is 3.32. The zero-order valence-electron chi connectivity index (χ0n) is 17.7. The molecule has 1 N–H and O–H groups in total. The molecule has 0 fully saturated rings.